The monoisotopic (exact) mass is 99.1 g/mol. The average molecular weight is 98.9 g/mol. The first-order chi connectivity index (χ1) is 3.31. The molecule has 0 heterocycles. The Morgan fingerprint density at radius 1 is 1.86 bits per heavy atom. The van der Waals surface area contributed by atoms with Crippen LogP contribution in [0.4, 0.5) is 0 Å². The molecule has 0 N–H and O–H groups in total. The zero-order chi connectivity index (χ0) is 5.70. The van der Waals surface area contributed by atoms with Gasteiger partial charge in [0, 0.05) is 6.42 Å². The predicted octanol–water partition coefficient (Wildman–Crippen LogP) is 0.607. The van der Waals surface area contributed by atoms with Gasteiger partial charge in [0.25, 0.3) is 5.97 Å². The SMILES string of the molecule is C[B]OC(=O)CC. The molecule has 39 valence electrons. The van der Waals surface area contributed by atoms with Crippen molar-refractivity contribution in [2.45, 2.75) is 20.2 Å². The van der Waals surface area contributed by atoms with Crippen LogP contribution in [0.5, 0.6) is 0 Å². The zero-order valence-electron chi connectivity index (χ0n) is 4.60. The fraction of sp³-hybridized carbons (Fsp3) is 0.750. The van der Waals surface area contributed by atoms with Crippen LogP contribution in [0.2, 0.25) is 6.82 Å². The van der Waals surface area contributed by atoms with Gasteiger partial charge in [0.1, 0.15) is 0 Å². The predicted molar refractivity (Wildman–Crippen MR) is 28.0 cm³/mol. The molecule has 1 radical (unpaired) electrons. The quantitative estimate of drug-likeness (QED) is 0.474. The Labute approximate surface area is 44.1 Å². The van der Waals surface area contributed by atoms with Crippen molar-refractivity contribution in [3.05, 3.63) is 0 Å². The van der Waals surface area contributed by atoms with Crippen LogP contribution in [0, 0.1) is 0 Å². The molecule has 2 nitrogen and oxygen atoms in total. The highest BCUT2D eigenvalue weighted by molar-refractivity contribution is 6.28. The maximum atomic E-state index is 10.2. The minimum Gasteiger partial charge on any atom is -0.539 e. The molecule has 0 aromatic heterocycles. The molecule has 0 bridgehead atoms. The van der Waals surface area contributed by atoms with E-state index in [1.165, 1.54) is 7.48 Å². The Hall–Kier alpha value is -0.465. The van der Waals surface area contributed by atoms with E-state index in [0.29, 0.717) is 6.42 Å². The van der Waals surface area contributed by atoms with Crippen molar-refractivity contribution in [2.24, 2.45) is 0 Å². The third-order valence-electron chi connectivity index (χ3n) is 0.538. The molecule has 0 saturated carbocycles. The number of hydrogen-bond donors (Lipinski definition) is 0. The Morgan fingerprint density at radius 3 is 2.57 bits per heavy atom. The first kappa shape index (κ1) is 6.53. The molecular formula is C4H8BO2. The first-order valence-corrected chi connectivity index (χ1v) is 2.28. The molecule has 0 aromatic rings. The summed E-state index contributed by atoms with van der Waals surface area (Å²) in [5.41, 5.74) is 0. The Morgan fingerprint density at radius 2 is 2.43 bits per heavy atom. The summed E-state index contributed by atoms with van der Waals surface area (Å²) in [6.45, 7) is 3.43. The van der Waals surface area contributed by atoms with Gasteiger partial charge in [-0.05, 0) is 0 Å². The molecule has 0 saturated heterocycles. The van der Waals surface area contributed by atoms with Crippen LogP contribution in [-0.2, 0) is 9.45 Å². The summed E-state index contributed by atoms with van der Waals surface area (Å²) < 4.78 is 4.43. The average Bonchev–Trinajstić information content (AvgIpc) is 1.68. The first-order valence-electron chi connectivity index (χ1n) is 2.28. The van der Waals surface area contributed by atoms with Crippen molar-refractivity contribution in [1.82, 2.24) is 0 Å². The normalized spacial score (nSPS) is 7.71. The van der Waals surface area contributed by atoms with E-state index in [0.717, 1.165) is 0 Å². The molecule has 0 amide bonds. The summed E-state index contributed by atoms with van der Waals surface area (Å²) in [5.74, 6) is -0.178. The summed E-state index contributed by atoms with van der Waals surface area (Å²) in [5, 5.41) is 0. The van der Waals surface area contributed by atoms with Gasteiger partial charge in [-0.1, -0.05) is 13.7 Å². The van der Waals surface area contributed by atoms with E-state index >= 15 is 0 Å². The Bertz CT molecular complexity index is 62.7. The number of carbonyl (C=O) groups excluding carboxylic acids is 1. The third kappa shape index (κ3) is 3.36. The van der Waals surface area contributed by atoms with Crippen molar-refractivity contribution < 1.29 is 9.45 Å². The molecule has 0 rings (SSSR count). The van der Waals surface area contributed by atoms with E-state index < -0.39 is 0 Å². The second-order valence-corrected chi connectivity index (χ2v) is 1.08. The molecule has 0 fully saturated rings. The Kier molecular flexibility index (Phi) is 3.47. The van der Waals surface area contributed by atoms with Crippen LogP contribution in [-0.4, -0.2) is 13.5 Å². The highest BCUT2D eigenvalue weighted by Gasteiger charge is 1.92. The van der Waals surface area contributed by atoms with Gasteiger partial charge >= 0.3 is 7.48 Å². The van der Waals surface area contributed by atoms with E-state index in [2.05, 4.69) is 4.65 Å². The van der Waals surface area contributed by atoms with Crippen LogP contribution in [0.3, 0.4) is 0 Å². The van der Waals surface area contributed by atoms with E-state index in [9.17, 15) is 4.79 Å². The standard InChI is InChI=1S/C4H8BO2/c1-3-4(6)7-5-2/h3H2,1-2H3. The minimum absolute atomic E-state index is 0.178. The largest absolute Gasteiger partial charge is 0.539 e. The van der Waals surface area contributed by atoms with Gasteiger partial charge in [-0.15, -0.1) is 0 Å². The lowest BCUT2D eigenvalue weighted by atomic mass is 10.1. The van der Waals surface area contributed by atoms with E-state index in [1.807, 2.05) is 0 Å². The number of hydrogen-bond acceptors (Lipinski definition) is 2. The fourth-order valence-corrected chi connectivity index (χ4v) is 0.215. The van der Waals surface area contributed by atoms with Gasteiger partial charge in [0.15, 0.2) is 0 Å². The van der Waals surface area contributed by atoms with E-state index in [-0.39, 0.29) is 5.97 Å². The topological polar surface area (TPSA) is 26.3 Å². The smallest absolute Gasteiger partial charge is 0.370 e. The van der Waals surface area contributed by atoms with Crippen LogP contribution in [0.25, 0.3) is 0 Å². The van der Waals surface area contributed by atoms with E-state index in [1.54, 1.807) is 13.7 Å². The van der Waals surface area contributed by atoms with Crippen molar-refractivity contribution >= 4 is 13.5 Å². The summed E-state index contributed by atoms with van der Waals surface area (Å²) in [7, 11) is 1.38. The highest BCUT2D eigenvalue weighted by Crippen LogP contribution is 1.79. The lowest BCUT2D eigenvalue weighted by Crippen LogP contribution is -2.02. The summed E-state index contributed by atoms with van der Waals surface area (Å²) >= 11 is 0. The molecule has 3 heteroatoms. The lowest BCUT2D eigenvalue weighted by Gasteiger charge is -1.93. The molecule has 7 heavy (non-hydrogen) atoms. The molecule has 0 aliphatic rings. The van der Waals surface area contributed by atoms with Gasteiger partial charge in [-0.3, -0.25) is 4.79 Å². The van der Waals surface area contributed by atoms with Crippen molar-refractivity contribution in [2.75, 3.05) is 0 Å². The molecule has 0 atom stereocenters. The second kappa shape index (κ2) is 3.72. The Balaban J connectivity index is 3.00. The highest BCUT2D eigenvalue weighted by atomic mass is 16.5. The lowest BCUT2D eigenvalue weighted by molar-refractivity contribution is -0.133. The third-order valence-corrected chi connectivity index (χ3v) is 0.538. The maximum Gasteiger partial charge on any atom is 0.370 e. The maximum absolute atomic E-state index is 10.2. The van der Waals surface area contributed by atoms with Crippen molar-refractivity contribution in [1.29, 1.82) is 0 Å². The fourth-order valence-electron chi connectivity index (χ4n) is 0.215. The van der Waals surface area contributed by atoms with E-state index in [4.69, 9.17) is 0 Å². The molecule has 0 aliphatic heterocycles. The van der Waals surface area contributed by atoms with Gasteiger partial charge in [0.05, 0.1) is 0 Å². The molecule has 0 aromatic carbocycles. The number of carbonyl (C=O) groups is 1. The molecular weight excluding hydrogens is 90.9 g/mol. The summed E-state index contributed by atoms with van der Waals surface area (Å²) in [4.78, 5) is 10.2. The number of rotatable bonds is 2. The molecule has 0 aliphatic carbocycles. The second-order valence-electron chi connectivity index (χ2n) is 1.08. The zero-order valence-corrected chi connectivity index (χ0v) is 4.60. The van der Waals surface area contributed by atoms with Crippen LogP contribution >= 0.6 is 0 Å². The van der Waals surface area contributed by atoms with Gasteiger partial charge in [0.2, 0.25) is 0 Å². The van der Waals surface area contributed by atoms with Crippen molar-refractivity contribution in [3.8, 4) is 0 Å². The van der Waals surface area contributed by atoms with Gasteiger partial charge in [-0.25, -0.2) is 0 Å². The molecule has 0 unspecified atom stereocenters. The van der Waals surface area contributed by atoms with Crippen LogP contribution in [0.1, 0.15) is 13.3 Å². The van der Waals surface area contributed by atoms with Crippen LogP contribution < -0.4 is 0 Å². The van der Waals surface area contributed by atoms with Crippen LogP contribution in [0.15, 0.2) is 0 Å². The minimum atomic E-state index is -0.178. The van der Waals surface area contributed by atoms with Gasteiger partial charge < -0.3 is 4.65 Å². The van der Waals surface area contributed by atoms with Gasteiger partial charge in [-0.2, -0.15) is 0 Å². The van der Waals surface area contributed by atoms with Crippen molar-refractivity contribution in [3.63, 3.8) is 0 Å². The summed E-state index contributed by atoms with van der Waals surface area (Å²) in [6.07, 6.45) is 0.449. The molecule has 0 spiro atoms. The summed E-state index contributed by atoms with van der Waals surface area (Å²) in [6, 6.07) is 0.